The minimum atomic E-state index is 0.499. The highest BCUT2D eigenvalue weighted by atomic mass is 15.1. The number of anilines is 2. The lowest BCUT2D eigenvalue weighted by atomic mass is 9.96. The van der Waals surface area contributed by atoms with Crippen molar-refractivity contribution in [2.24, 2.45) is 0 Å². The standard InChI is InChI=1S/C14H18N4/c15-13-11-8-4-5-9-12(11)17-14(18-13)16-10-6-2-1-3-7-10/h4-5,8-10H,1-3,6-7H2,(H3,15,16,17,18). The summed E-state index contributed by atoms with van der Waals surface area (Å²) in [5.41, 5.74) is 6.88. The summed E-state index contributed by atoms with van der Waals surface area (Å²) in [7, 11) is 0. The van der Waals surface area contributed by atoms with Gasteiger partial charge in [-0.3, -0.25) is 0 Å². The SMILES string of the molecule is Nc1nc(NC2CCCCC2)nc2ccccc12. The number of nitrogens with one attached hydrogen (secondary N) is 1. The normalized spacial score (nSPS) is 16.9. The van der Waals surface area contributed by atoms with Crippen molar-refractivity contribution >= 4 is 22.7 Å². The first-order valence-corrected chi connectivity index (χ1v) is 6.62. The molecule has 0 amide bonds. The van der Waals surface area contributed by atoms with Gasteiger partial charge in [0.25, 0.3) is 0 Å². The highest BCUT2D eigenvalue weighted by Gasteiger charge is 2.14. The number of benzene rings is 1. The van der Waals surface area contributed by atoms with Crippen molar-refractivity contribution in [3.05, 3.63) is 24.3 Å². The van der Waals surface area contributed by atoms with Crippen LogP contribution in [0.2, 0.25) is 0 Å². The van der Waals surface area contributed by atoms with E-state index in [9.17, 15) is 0 Å². The van der Waals surface area contributed by atoms with Crippen LogP contribution in [-0.2, 0) is 0 Å². The zero-order chi connectivity index (χ0) is 12.4. The number of fused-ring (bicyclic) bond motifs is 1. The van der Waals surface area contributed by atoms with Gasteiger partial charge in [-0.2, -0.15) is 4.98 Å². The van der Waals surface area contributed by atoms with Crippen LogP contribution in [-0.4, -0.2) is 16.0 Å². The summed E-state index contributed by atoms with van der Waals surface area (Å²) in [6.07, 6.45) is 6.34. The van der Waals surface area contributed by atoms with Crippen LogP contribution in [0.3, 0.4) is 0 Å². The van der Waals surface area contributed by atoms with Crippen molar-refractivity contribution < 1.29 is 0 Å². The van der Waals surface area contributed by atoms with Gasteiger partial charge >= 0.3 is 0 Å². The van der Waals surface area contributed by atoms with E-state index in [0.29, 0.717) is 17.8 Å². The molecular formula is C14H18N4. The van der Waals surface area contributed by atoms with Gasteiger partial charge in [0.05, 0.1) is 5.52 Å². The molecule has 94 valence electrons. The summed E-state index contributed by atoms with van der Waals surface area (Å²) in [6, 6.07) is 8.35. The fraction of sp³-hybridized carbons (Fsp3) is 0.429. The lowest BCUT2D eigenvalue weighted by molar-refractivity contribution is 0.461. The smallest absolute Gasteiger partial charge is 0.225 e. The molecule has 2 aromatic rings. The second kappa shape index (κ2) is 4.80. The van der Waals surface area contributed by atoms with Crippen molar-refractivity contribution in [1.29, 1.82) is 0 Å². The van der Waals surface area contributed by atoms with E-state index >= 15 is 0 Å². The quantitative estimate of drug-likeness (QED) is 0.849. The molecule has 0 saturated heterocycles. The minimum absolute atomic E-state index is 0.499. The fourth-order valence-corrected chi connectivity index (χ4v) is 2.60. The topological polar surface area (TPSA) is 63.8 Å². The second-order valence-electron chi connectivity index (χ2n) is 4.93. The van der Waals surface area contributed by atoms with E-state index in [2.05, 4.69) is 15.3 Å². The molecule has 1 aliphatic carbocycles. The van der Waals surface area contributed by atoms with E-state index in [-0.39, 0.29) is 0 Å². The number of nitrogen functional groups attached to an aromatic ring is 1. The van der Waals surface area contributed by atoms with Crippen LogP contribution in [0.4, 0.5) is 11.8 Å². The summed E-state index contributed by atoms with van der Waals surface area (Å²) in [4.78, 5) is 8.88. The Kier molecular flexibility index (Phi) is 3.00. The molecule has 3 N–H and O–H groups in total. The Bertz CT molecular complexity index is 546. The van der Waals surface area contributed by atoms with Gasteiger partial charge in [-0.05, 0) is 25.0 Å². The van der Waals surface area contributed by atoms with E-state index < -0.39 is 0 Å². The number of hydrogen-bond acceptors (Lipinski definition) is 4. The number of para-hydroxylation sites is 1. The molecule has 1 heterocycles. The van der Waals surface area contributed by atoms with E-state index in [1.165, 1.54) is 32.1 Å². The van der Waals surface area contributed by atoms with Gasteiger partial charge in [-0.25, -0.2) is 4.98 Å². The van der Waals surface area contributed by atoms with Gasteiger partial charge in [0.1, 0.15) is 5.82 Å². The zero-order valence-corrected chi connectivity index (χ0v) is 10.4. The van der Waals surface area contributed by atoms with Crippen molar-refractivity contribution in [1.82, 2.24) is 9.97 Å². The Morgan fingerprint density at radius 1 is 1.06 bits per heavy atom. The summed E-state index contributed by atoms with van der Waals surface area (Å²) in [6.45, 7) is 0. The van der Waals surface area contributed by atoms with Crippen LogP contribution in [0.1, 0.15) is 32.1 Å². The number of aromatic nitrogens is 2. The molecule has 0 radical (unpaired) electrons. The Morgan fingerprint density at radius 3 is 2.67 bits per heavy atom. The van der Waals surface area contributed by atoms with Crippen LogP contribution in [0, 0.1) is 0 Å². The first-order valence-electron chi connectivity index (χ1n) is 6.62. The third-order valence-corrected chi connectivity index (χ3v) is 3.57. The highest BCUT2D eigenvalue weighted by Crippen LogP contribution is 2.23. The zero-order valence-electron chi connectivity index (χ0n) is 10.4. The first kappa shape index (κ1) is 11.3. The van der Waals surface area contributed by atoms with Gasteiger partial charge < -0.3 is 11.1 Å². The van der Waals surface area contributed by atoms with E-state index in [0.717, 1.165) is 10.9 Å². The average molecular weight is 242 g/mol. The molecule has 0 spiro atoms. The molecule has 3 rings (SSSR count). The van der Waals surface area contributed by atoms with Crippen LogP contribution < -0.4 is 11.1 Å². The Labute approximate surface area is 107 Å². The van der Waals surface area contributed by atoms with Crippen LogP contribution >= 0.6 is 0 Å². The summed E-state index contributed by atoms with van der Waals surface area (Å²) in [5.74, 6) is 1.22. The number of nitrogens with zero attached hydrogens (tertiary/aromatic N) is 2. The molecule has 0 atom stereocenters. The Balaban J connectivity index is 1.87. The molecule has 1 aromatic heterocycles. The van der Waals surface area contributed by atoms with Crippen LogP contribution in [0.5, 0.6) is 0 Å². The molecule has 4 heteroatoms. The number of rotatable bonds is 2. The maximum Gasteiger partial charge on any atom is 0.225 e. The average Bonchev–Trinajstić information content (AvgIpc) is 2.40. The van der Waals surface area contributed by atoms with Gasteiger partial charge in [0.2, 0.25) is 5.95 Å². The molecular weight excluding hydrogens is 224 g/mol. The van der Waals surface area contributed by atoms with Crippen molar-refractivity contribution in [2.75, 3.05) is 11.1 Å². The van der Waals surface area contributed by atoms with Gasteiger partial charge in [0.15, 0.2) is 0 Å². The summed E-state index contributed by atoms with van der Waals surface area (Å²) in [5, 5.41) is 4.33. The number of nitrogens with two attached hydrogens (primary N) is 1. The lowest BCUT2D eigenvalue weighted by Crippen LogP contribution is -2.23. The molecule has 0 unspecified atom stereocenters. The molecule has 1 aliphatic rings. The Hall–Kier alpha value is -1.84. The lowest BCUT2D eigenvalue weighted by Gasteiger charge is -2.22. The van der Waals surface area contributed by atoms with Gasteiger partial charge in [-0.15, -0.1) is 0 Å². The van der Waals surface area contributed by atoms with E-state index in [1.807, 2.05) is 24.3 Å². The first-order chi connectivity index (χ1) is 8.83. The molecule has 4 nitrogen and oxygen atoms in total. The molecule has 1 saturated carbocycles. The fourth-order valence-electron chi connectivity index (χ4n) is 2.60. The third kappa shape index (κ3) is 2.23. The van der Waals surface area contributed by atoms with Crippen molar-refractivity contribution in [3.8, 4) is 0 Å². The minimum Gasteiger partial charge on any atom is -0.383 e. The van der Waals surface area contributed by atoms with Crippen molar-refractivity contribution in [2.45, 2.75) is 38.1 Å². The molecule has 0 bridgehead atoms. The third-order valence-electron chi connectivity index (χ3n) is 3.57. The summed E-state index contributed by atoms with van der Waals surface area (Å²) >= 11 is 0. The molecule has 0 aliphatic heterocycles. The maximum absolute atomic E-state index is 5.97. The predicted molar refractivity (Wildman–Crippen MR) is 74.4 cm³/mol. The highest BCUT2D eigenvalue weighted by molar-refractivity contribution is 5.88. The van der Waals surface area contributed by atoms with E-state index in [1.54, 1.807) is 0 Å². The molecule has 1 fully saturated rings. The largest absolute Gasteiger partial charge is 0.383 e. The van der Waals surface area contributed by atoms with Crippen molar-refractivity contribution in [3.63, 3.8) is 0 Å². The summed E-state index contributed by atoms with van der Waals surface area (Å²) < 4.78 is 0. The molecule has 18 heavy (non-hydrogen) atoms. The van der Waals surface area contributed by atoms with E-state index in [4.69, 9.17) is 5.73 Å². The number of hydrogen-bond donors (Lipinski definition) is 2. The second-order valence-corrected chi connectivity index (χ2v) is 4.93. The maximum atomic E-state index is 5.97. The van der Waals surface area contributed by atoms with Gasteiger partial charge in [0, 0.05) is 11.4 Å². The monoisotopic (exact) mass is 242 g/mol. The molecule has 1 aromatic carbocycles. The van der Waals surface area contributed by atoms with Gasteiger partial charge in [-0.1, -0.05) is 31.4 Å². The van der Waals surface area contributed by atoms with Crippen LogP contribution in [0.25, 0.3) is 10.9 Å². The van der Waals surface area contributed by atoms with Crippen LogP contribution in [0.15, 0.2) is 24.3 Å². The predicted octanol–water partition coefficient (Wildman–Crippen LogP) is 2.96. The Morgan fingerprint density at radius 2 is 1.83 bits per heavy atom.